The van der Waals surface area contributed by atoms with E-state index in [1.165, 1.54) is 11.1 Å². The van der Waals surface area contributed by atoms with Gasteiger partial charge in [-0.2, -0.15) is 0 Å². The third-order valence-corrected chi connectivity index (χ3v) is 4.87. The molecule has 100 valence electrons. The minimum atomic E-state index is 0.147. The van der Waals surface area contributed by atoms with Crippen LogP contribution < -0.4 is 10.1 Å². The lowest BCUT2D eigenvalue weighted by Crippen LogP contribution is -2.16. The molecule has 0 radical (unpaired) electrons. The number of fused-ring (bicyclic) bond motifs is 1. The van der Waals surface area contributed by atoms with Gasteiger partial charge >= 0.3 is 0 Å². The maximum atomic E-state index is 6.25. The number of benzene rings is 1. The molecule has 1 aromatic heterocycles. The third-order valence-electron chi connectivity index (χ3n) is 3.45. The fourth-order valence-electron chi connectivity index (χ4n) is 2.58. The first-order valence-corrected chi connectivity index (χ1v) is 7.64. The van der Waals surface area contributed by atoms with Crippen molar-refractivity contribution < 1.29 is 4.74 Å². The average Bonchev–Trinajstić information content (AvgIpc) is 2.95. The van der Waals surface area contributed by atoms with Crippen molar-refractivity contribution in [2.45, 2.75) is 25.5 Å². The lowest BCUT2D eigenvalue weighted by molar-refractivity contribution is 0.254. The number of rotatable bonds is 3. The van der Waals surface area contributed by atoms with Crippen LogP contribution in [0.4, 0.5) is 0 Å². The van der Waals surface area contributed by atoms with Gasteiger partial charge in [-0.15, -0.1) is 11.3 Å². The van der Waals surface area contributed by atoms with Crippen LogP contribution in [0.25, 0.3) is 0 Å². The van der Waals surface area contributed by atoms with Gasteiger partial charge in [-0.05, 0) is 42.6 Å². The van der Waals surface area contributed by atoms with Crippen LogP contribution in [-0.2, 0) is 6.42 Å². The molecule has 0 amide bonds. The molecular weight excluding hydrogens is 278 g/mol. The zero-order valence-electron chi connectivity index (χ0n) is 10.9. The number of ether oxygens (including phenoxy) is 1. The Kier molecular flexibility index (Phi) is 3.52. The van der Waals surface area contributed by atoms with Gasteiger partial charge in [0, 0.05) is 11.3 Å². The van der Waals surface area contributed by atoms with Gasteiger partial charge in [0.05, 0.1) is 11.1 Å². The molecule has 2 aromatic rings. The second-order valence-electron chi connectivity index (χ2n) is 4.85. The van der Waals surface area contributed by atoms with E-state index < -0.39 is 0 Å². The van der Waals surface area contributed by atoms with Crippen molar-refractivity contribution in [1.29, 1.82) is 0 Å². The first-order chi connectivity index (χ1) is 9.19. The zero-order chi connectivity index (χ0) is 13.4. The summed E-state index contributed by atoms with van der Waals surface area (Å²) >= 11 is 7.93. The maximum Gasteiger partial charge on any atom is 0.123 e. The second kappa shape index (κ2) is 5.16. The van der Waals surface area contributed by atoms with Gasteiger partial charge < -0.3 is 10.1 Å². The van der Waals surface area contributed by atoms with Crippen LogP contribution >= 0.6 is 22.9 Å². The molecule has 1 N–H and O–H groups in total. The molecule has 0 fully saturated rings. The zero-order valence-corrected chi connectivity index (χ0v) is 12.5. The molecule has 2 heterocycles. The molecule has 1 aromatic carbocycles. The van der Waals surface area contributed by atoms with E-state index in [4.69, 9.17) is 16.3 Å². The number of nitrogens with one attached hydrogen (secondary N) is 1. The Hall–Kier alpha value is -1.03. The second-order valence-corrected chi connectivity index (χ2v) is 6.21. The summed E-state index contributed by atoms with van der Waals surface area (Å²) in [7, 11) is 1.97. The summed E-state index contributed by atoms with van der Waals surface area (Å²) < 4.78 is 5.75. The summed E-state index contributed by atoms with van der Waals surface area (Å²) in [6.45, 7) is 2.10. The number of halogens is 1. The first-order valence-electron chi connectivity index (χ1n) is 6.38. The number of hydrogen-bond donors (Lipinski definition) is 1. The molecular formula is C15H16ClNOS. The van der Waals surface area contributed by atoms with Crippen LogP contribution in [0.2, 0.25) is 5.02 Å². The van der Waals surface area contributed by atoms with Gasteiger partial charge in [0.1, 0.15) is 11.9 Å². The quantitative estimate of drug-likeness (QED) is 0.922. The Morgan fingerprint density at radius 1 is 1.42 bits per heavy atom. The van der Waals surface area contributed by atoms with E-state index in [2.05, 4.69) is 30.4 Å². The summed E-state index contributed by atoms with van der Waals surface area (Å²) in [5.74, 6) is 1.02. The van der Waals surface area contributed by atoms with Crippen LogP contribution in [-0.4, -0.2) is 13.2 Å². The minimum Gasteiger partial charge on any atom is -0.490 e. The lowest BCUT2D eigenvalue weighted by atomic mass is 10.0. The van der Waals surface area contributed by atoms with Gasteiger partial charge in [-0.1, -0.05) is 23.7 Å². The van der Waals surface area contributed by atoms with Crippen molar-refractivity contribution in [3.63, 3.8) is 0 Å². The highest BCUT2D eigenvalue weighted by Crippen LogP contribution is 2.36. The summed E-state index contributed by atoms with van der Waals surface area (Å²) in [6, 6.07) is 8.52. The predicted molar refractivity (Wildman–Crippen MR) is 80.5 cm³/mol. The van der Waals surface area contributed by atoms with E-state index in [0.717, 1.165) is 22.1 Å². The van der Waals surface area contributed by atoms with E-state index in [9.17, 15) is 0 Å². The highest BCUT2D eigenvalue weighted by molar-refractivity contribution is 7.10. The molecule has 0 saturated carbocycles. The van der Waals surface area contributed by atoms with Gasteiger partial charge in [-0.3, -0.25) is 0 Å². The molecule has 0 saturated heterocycles. The summed E-state index contributed by atoms with van der Waals surface area (Å²) in [5.41, 5.74) is 2.53. The van der Waals surface area contributed by atoms with Crippen LogP contribution in [0.3, 0.4) is 0 Å². The van der Waals surface area contributed by atoms with Crippen LogP contribution in [0.5, 0.6) is 5.75 Å². The van der Waals surface area contributed by atoms with E-state index in [-0.39, 0.29) is 12.1 Å². The molecule has 1 aliphatic rings. The fourth-order valence-corrected chi connectivity index (χ4v) is 3.88. The van der Waals surface area contributed by atoms with Crippen molar-refractivity contribution in [3.05, 3.63) is 50.7 Å². The SMILES string of the molecule is CNC(c1ccc2c(c1)CC(C)O2)c1sccc1Cl. The summed E-state index contributed by atoms with van der Waals surface area (Å²) in [4.78, 5) is 1.16. The van der Waals surface area contributed by atoms with Crippen LogP contribution in [0.15, 0.2) is 29.6 Å². The Morgan fingerprint density at radius 3 is 2.95 bits per heavy atom. The van der Waals surface area contributed by atoms with Crippen molar-refractivity contribution >= 4 is 22.9 Å². The Labute approximate surface area is 122 Å². The highest BCUT2D eigenvalue weighted by Gasteiger charge is 2.22. The van der Waals surface area contributed by atoms with Crippen LogP contribution in [0, 0.1) is 0 Å². The molecule has 0 bridgehead atoms. The Morgan fingerprint density at radius 2 is 2.26 bits per heavy atom. The number of thiophene rings is 1. The molecule has 0 spiro atoms. The van der Waals surface area contributed by atoms with E-state index >= 15 is 0 Å². The molecule has 0 aliphatic carbocycles. The van der Waals surface area contributed by atoms with Crippen molar-refractivity contribution in [2.75, 3.05) is 7.05 Å². The smallest absolute Gasteiger partial charge is 0.123 e. The van der Waals surface area contributed by atoms with E-state index in [1.807, 2.05) is 18.5 Å². The standard InChI is InChI=1S/C15H16ClNOS/c1-9-7-11-8-10(3-4-13(11)18-9)14(17-2)15-12(16)5-6-19-15/h3-6,8-9,14,17H,7H2,1-2H3. The van der Waals surface area contributed by atoms with Crippen molar-refractivity contribution in [2.24, 2.45) is 0 Å². The lowest BCUT2D eigenvalue weighted by Gasteiger charge is -2.16. The molecule has 4 heteroatoms. The first kappa shape index (κ1) is 13.0. The topological polar surface area (TPSA) is 21.3 Å². The van der Waals surface area contributed by atoms with Gasteiger partial charge in [0.15, 0.2) is 0 Å². The average molecular weight is 294 g/mol. The third kappa shape index (κ3) is 2.38. The van der Waals surface area contributed by atoms with Crippen LogP contribution in [0.1, 0.15) is 29.0 Å². The number of hydrogen-bond acceptors (Lipinski definition) is 3. The molecule has 2 unspecified atom stereocenters. The molecule has 3 rings (SSSR count). The van der Waals surface area contributed by atoms with E-state index in [1.54, 1.807) is 11.3 Å². The molecule has 2 nitrogen and oxygen atoms in total. The minimum absolute atomic E-state index is 0.147. The van der Waals surface area contributed by atoms with Gasteiger partial charge in [0.25, 0.3) is 0 Å². The van der Waals surface area contributed by atoms with Gasteiger partial charge in [0.2, 0.25) is 0 Å². The summed E-state index contributed by atoms with van der Waals surface area (Å²) in [5, 5.41) is 6.21. The largest absolute Gasteiger partial charge is 0.490 e. The maximum absolute atomic E-state index is 6.25. The summed E-state index contributed by atoms with van der Waals surface area (Å²) in [6.07, 6.45) is 1.27. The molecule has 19 heavy (non-hydrogen) atoms. The van der Waals surface area contributed by atoms with Gasteiger partial charge in [-0.25, -0.2) is 0 Å². The predicted octanol–water partition coefficient (Wildman–Crippen LogP) is 4.03. The van der Waals surface area contributed by atoms with E-state index in [0.29, 0.717) is 0 Å². The Balaban J connectivity index is 1.97. The highest BCUT2D eigenvalue weighted by atomic mass is 35.5. The molecule has 1 aliphatic heterocycles. The molecule has 2 atom stereocenters. The van der Waals surface area contributed by atoms with Crippen molar-refractivity contribution in [1.82, 2.24) is 5.32 Å². The normalized spacial score (nSPS) is 19.0. The monoisotopic (exact) mass is 293 g/mol. The Bertz CT molecular complexity index is 596. The van der Waals surface area contributed by atoms with Crippen molar-refractivity contribution in [3.8, 4) is 5.75 Å². The fraction of sp³-hybridized carbons (Fsp3) is 0.333.